The maximum Gasteiger partial charge on any atom is 0.353 e. The minimum absolute atomic E-state index is 0.0463. The van der Waals surface area contributed by atoms with E-state index in [1.165, 1.54) is 12.6 Å². The van der Waals surface area contributed by atoms with Crippen LogP contribution in [0.2, 0.25) is 5.02 Å². The second kappa shape index (κ2) is 6.97. The fourth-order valence-electron chi connectivity index (χ4n) is 2.05. The van der Waals surface area contributed by atoms with Crippen LogP contribution in [0.15, 0.2) is 53.4 Å². The van der Waals surface area contributed by atoms with Crippen LogP contribution in [0.25, 0.3) is 0 Å². The van der Waals surface area contributed by atoms with E-state index in [1.807, 2.05) is 0 Å². The van der Waals surface area contributed by atoms with Crippen LogP contribution in [0.5, 0.6) is 0 Å². The van der Waals surface area contributed by atoms with Gasteiger partial charge in [0.15, 0.2) is 0 Å². The summed E-state index contributed by atoms with van der Waals surface area (Å²) in [6, 6.07) is 10.4. The molecule has 0 atom stereocenters. The number of benzene rings is 1. The highest BCUT2D eigenvalue weighted by Crippen LogP contribution is 2.33. The highest BCUT2D eigenvalue weighted by molar-refractivity contribution is 6.33. The van der Waals surface area contributed by atoms with E-state index in [2.05, 4.69) is 20.6 Å². The zero-order chi connectivity index (χ0) is 16.9. The molecular weight excluding hydrogens is 334 g/mol. The highest BCUT2D eigenvalue weighted by Gasteiger charge is 2.23. The number of hydrogen-bond donors (Lipinski definition) is 2. The van der Waals surface area contributed by atoms with E-state index in [0.717, 1.165) is 0 Å². The quantitative estimate of drug-likeness (QED) is 0.514. The predicted octanol–water partition coefficient (Wildman–Crippen LogP) is 3.99. The number of para-hydroxylation sites is 1. The number of rotatable bonds is 6. The Labute approximate surface area is 141 Å². The lowest BCUT2D eigenvalue weighted by Crippen LogP contribution is -2.08. The molecule has 0 saturated heterocycles. The topological polar surface area (TPSA) is 106 Å². The number of aromatic nitrogens is 2. The minimum atomic E-state index is -0.552. The maximum absolute atomic E-state index is 11.5. The molecule has 0 aliphatic carbocycles. The molecule has 0 fully saturated rings. The summed E-state index contributed by atoms with van der Waals surface area (Å²) in [5, 5.41) is 17.6. The van der Waals surface area contributed by atoms with Crippen LogP contribution < -0.4 is 10.6 Å². The van der Waals surface area contributed by atoms with Crippen molar-refractivity contribution in [3.63, 3.8) is 0 Å². The molecule has 1 aromatic carbocycles. The van der Waals surface area contributed by atoms with Crippen molar-refractivity contribution in [1.82, 2.24) is 9.97 Å². The third-order valence-electron chi connectivity index (χ3n) is 3.14. The van der Waals surface area contributed by atoms with Gasteiger partial charge in [0, 0.05) is 0 Å². The molecule has 2 aromatic heterocycles. The Kier molecular flexibility index (Phi) is 4.57. The average Bonchev–Trinajstić information content (AvgIpc) is 3.08. The lowest BCUT2D eigenvalue weighted by Gasteiger charge is -2.10. The van der Waals surface area contributed by atoms with Gasteiger partial charge in [0.05, 0.1) is 28.4 Å². The molecule has 9 heteroatoms. The smallest absolute Gasteiger partial charge is 0.353 e. The van der Waals surface area contributed by atoms with E-state index < -0.39 is 4.92 Å². The number of nitro groups is 1. The lowest BCUT2D eigenvalue weighted by molar-refractivity contribution is -0.383. The summed E-state index contributed by atoms with van der Waals surface area (Å²) in [5.41, 5.74) is 0.238. The van der Waals surface area contributed by atoms with Gasteiger partial charge in [-0.25, -0.2) is 9.97 Å². The van der Waals surface area contributed by atoms with Gasteiger partial charge in [0.1, 0.15) is 12.1 Å². The van der Waals surface area contributed by atoms with Crippen molar-refractivity contribution >= 4 is 34.6 Å². The van der Waals surface area contributed by atoms with Crippen molar-refractivity contribution in [2.75, 3.05) is 10.6 Å². The maximum atomic E-state index is 11.5. The molecule has 0 bridgehead atoms. The van der Waals surface area contributed by atoms with Crippen LogP contribution >= 0.6 is 11.6 Å². The fourth-order valence-corrected chi connectivity index (χ4v) is 2.23. The Balaban J connectivity index is 1.90. The van der Waals surface area contributed by atoms with Crippen LogP contribution in [0.1, 0.15) is 5.76 Å². The molecule has 2 heterocycles. The van der Waals surface area contributed by atoms with Crippen molar-refractivity contribution in [3.05, 3.63) is 69.9 Å². The van der Waals surface area contributed by atoms with Gasteiger partial charge in [-0.2, -0.15) is 0 Å². The molecule has 2 N–H and O–H groups in total. The van der Waals surface area contributed by atoms with E-state index >= 15 is 0 Å². The molecule has 3 aromatic rings. The third-order valence-corrected chi connectivity index (χ3v) is 3.47. The van der Waals surface area contributed by atoms with Crippen molar-refractivity contribution in [1.29, 1.82) is 0 Å². The fraction of sp³-hybridized carbons (Fsp3) is 0.0667. The highest BCUT2D eigenvalue weighted by atomic mass is 35.5. The first-order chi connectivity index (χ1) is 11.6. The first-order valence-corrected chi connectivity index (χ1v) is 7.30. The Bertz CT molecular complexity index is 854. The van der Waals surface area contributed by atoms with Gasteiger partial charge in [-0.05, 0) is 24.3 Å². The first kappa shape index (κ1) is 15.8. The largest absolute Gasteiger partial charge is 0.467 e. The summed E-state index contributed by atoms with van der Waals surface area (Å²) in [5.74, 6) is 0.759. The van der Waals surface area contributed by atoms with Gasteiger partial charge in [0.25, 0.3) is 0 Å². The molecule has 0 spiro atoms. The second-order valence-electron chi connectivity index (χ2n) is 4.71. The number of halogens is 1. The molecule has 122 valence electrons. The SMILES string of the molecule is O=[N+]([O-])c1c(NCc2ccco2)ncnc1Nc1ccccc1Cl. The standard InChI is InChI=1S/C15H12ClN5O3/c16-11-5-1-2-6-12(11)20-15-13(21(22)23)14(18-9-19-15)17-8-10-4-3-7-24-10/h1-7,9H,8H2,(H2,17,18,19,20). The predicted molar refractivity (Wildman–Crippen MR) is 89.5 cm³/mol. The van der Waals surface area contributed by atoms with Gasteiger partial charge in [-0.3, -0.25) is 10.1 Å². The van der Waals surface area contributed by atoms with Crippen LogP contribution in [-0.2, 0) is 6.54 Å². The molecule has 8 nitrogen and oxygen atoms in total. The summed E-state index contributed by atoms with van der Waals surface area (Å²) < 4.78 is 5.19. The minimum Gasteiger partial charge on any atom is -0.467 e. The van der Waals surface area contributed by atoms with E-state index in [0.29, 0.717) is 16.5 Å². The number of nitrogens with zero attached hydrogens (tertiary/aromatic N) is 3. The monoisotopic (exact) mass is 345 g/mol. The first-order valence-electron chi connectivity index (χ1n) is 6.92. The molecule has 0 saturated carbocycles. The van der Waals surface area contributed by atoms with Crippen LogP contribution in [-0.4, -0.2) is 14.9 Å². The van der Waals surface area contributed by atoms with Gasteiger partial charge in [-0.15, -0.1) is 0 Å². The molecule has 0 amide bonds. The molecular formula is C15H12ClN5O3. The molecule has 24 heavy (non-hydrogen) atoms. The van der Waals surface area contributed by atoms with E-state index in [4.69, 9.17) is 16.0 Å². The van der Waals surface area contributed by atoms with Crippen molar-refractivity contribution in [2.45, 2.75) is 6.54 Å². The molecule has 0 aliphatic rings. The van der Waals surface area contributed by atoms with E-state index in [9.17, 15) is 10.1 Å². The summed E-state index contributed by atoms with van der Waals surface area (Å²) in [6.45, 7) is 0.260. The van der Waals surface area contributed by atoms with Crippen molar-refractivity contribution in [2.24, 2.45) is 0 Å². The summed E-state index contributed by atoms with van der Waals surface area (Å²) in [6.07, 6.45) is 2.76. The van der Waals surface area contributed by atoms with Crippen LogP contribution in [0, 0.1) is 10.1 Å². The van der Waals surface area contributed by atoms with Gasteiger partial charge >= 0.3 is 5.69 Å². The third kappa shape index (κ3) is 3.44. The molecule has 0 radical (unpaired) electrons. The Morgan fingerprint density at radius 2 is 1.96 bits per heavy atom. The van der Waals surface area contributed by atoms with Crippen molar-refractivity contribution < 1.29 is 9.34 Å². The Morgan fingerprint density at radius 3 is 2.67 bits per heavy atom. The Hall–Kier alpha value is -3.13. The van der Waals surface area contributed by atoms with E-state index in [-0.39, 0.29) is 23.9 Å². The number of nitrogens with one attached hydrogen (secondary N) is 2. The van der Waals surface area contributed by atoms with Gasteiger partial charge in [-0.1, -0.05) is 23.7 Å². The lowest BCUT2D eigenvalue weighted by atomic mass is 10.3. The molecule has 0 aliphatic heterocycles. The number of hydrogen-bond acceptors (Lipinski definition) is 7. The summed E-state index contributed by atoms with van der Waals surface area (Å²) >= 11 is 6.07. The summed E-state index contributed by atoms with van der Waals surface area (Å²) in [7, 11) is 0. The zero-order valence-corrected chi connectivity index (χ0v) is 13.0. The number of furan rings is 1. The summed E-state index contributed by atoms with van der Waals surface area (Å²) in [4.78, 5) is 18.8. The molecule has 0 unspecified atom stereocenters. The Morgan fingerprint density at radius 1 is 1.17 bits per heavy atom. The molecule has 3 rings (SSSR count). The van der Waals surface area contributed by atoms with Gasteiger partial charge < -0.3 is 15.1 Å². The zero-order valence-electron chi connectivity index (χ0n) is 12.3. The van der Waals surface area contributed by atoms with Gasteiger partial charge in [0.2, 0.25) is 11.6 Å². The van der Waals surface area contributed by atoms with Crippen LogP contribution in [0.3, 0.4) is 0 Å². The van der Waals surface area contributed by atoms with Crippen LogP contribution in [0.4, 0.5) is 23.0 Å². The normalized spacial score (nSPS) is 10.4. The number of anilines is 3. The second-order valence-corrected chi connectivity index (χ2v) is 5.12. The average molecular weight is 346 g/mol. The van der Waals surface area contributed by atoms with Crippen molar-refractivity contribution in [3.8, 4) is 0 Å². The van der Waals surface area contributed by atoms with E-state index in [1.54, 1.807) is 36.4 Å².